The number of rotatable bonds is 14. The van der Waals surface area contributed by atoms with Gasteiger partial charge in [0, 0.05) is 17.7 Å². The molecule has 1 saturated heterocycles. The number of hydrogen-bond acceptors (Lipinski definition) is 12. The Labute approximate surface area is 255 Å². The Bertz CT molecular complexity index is 1670. The highest BCUT2D eigenvalue weighted by Crippen LogP contribution is 2.68. The molecule has 6 N–H and O–H groups in total. The standard InChI is InChI=1S/C25H31N2O15P3/c1-2-13-38-45(37,42-44(35,36)41-43(32,33)34)39-15-19-21(28)22(29)24(40-19)27-14-18(23(30)26-25(27)31)20(16-9-5-3-6-10-16)17-11-7-4-8-12-17/h3-12,14,19-22,24,28-29H,2,13,15H2,1H3,(H,35,36)(H,26,30,31)(H2,32,33,34)/t19-,21-,22-,24-,45?/m1/s1. The fourth-order valence-electron chi connectivity index (χ4n) is 4.56. The van der Waals surface area contributed by atoms with Crippen LogP contribution in [0.15, 0.2) is 76.4 Å². The molecule has 1 aliphatic heterocycles. The maximum Gasteiger partial charge on any atom is 0.490 e. The Balaban J connectivity index is 1.62. The zero-order chi connectivity index (χ0) is 33.0. The van der Waals surface area contributed by atoms with Crippen LogP contribution in [-0.2, 0) is 36.1 Å². The van der Waals surface area contributed by atoms with Crippen LogP contribution in [-0.4, -0.2) is 66.0 Å². The van der Waals surface area contributed by atoms with Crippen LogP contribution in [0.25, 0.3) is 0 Å². The van der Waals surface area contributed by atoms with Crippen molar-refractivity contribution in [3.63, 3.8) is 0 Å². The van der Waals surface area contributed by atoms with Crippen LogP contribution in [0.5, 0.6) is 0 Å². The molecule has 0 saturated carbocycles. The first-order valence-electron chi connectivity index (χ1n) is 13.3. The number of hydrogen-bond donors (Lipinski definition) is 6. The van der Waals surface area contributed by atoms with Crippen molar-refractivity contribution < 1.29 is 61.0 Å². The van der Waals surface area contributed by atoms with Crippen molar-refractivity contribution in [2.24, 2.45) is 0 Å². The summed E-state index contributed by atoms with van der Waals surface area (Å²) < 4.78 is 60.4. The van der Waals surface area contributed by atoms with Gasteiger partial charge < -0.3 is 29.6 Å². The summed E-state index contributed by atoms with van der Waals surface area (Å²) in [6, 6.07) is 17.9. The lowest BCUT2D eigenvalue weighted by Crippen LogP contribution is -2.39. The van der Waals surface area contributed by atoms with Crippen LogP contribution in [0.1, 0.15) is 42.2 Å². The van der Waals surface area contributed by atoms with Gasteiger partial charge in [0.15, 0.2) is 6.23 Å². The maximum absolute atomic E-state index is 13.1. The third-order valence-electron chi connectivity index (χ3n) is 6.45. The third kappa shape index (κ3) is 9.03. The van der Waals surface area contributed by atoms with Crippen molar-refractivity contribution in [3.05, 3.63) is 104 Å². The number of aliphatic hydroxyl groups is 2. The van der Waals surface area contributed by atoms with Gasteiger partial charge in [0.05, 0.1) is 13.2 Å². The van der Waals surface area contributed by atoms with E-state index in [4.69, 9.17) is 23.6 Å². The number of benzene rings is 2. The van der Waals surface area contributed by atoms with Crippen LogP contribution in [0, 0.1) is 0 Å². The van der Waals surface area contributed by atoms with Gasteiger partial charge >= 0.3 is 29.2 Å². The van der Waals surface area contributed by atoms with E-state index in [0.29, 0.717) is 11.1 Å². The molecule has 2 heterocycles. The predicted molar refractivity (Wildman–Crippen MR) is 155 cm³/mol. The van der Waals surface area contributed by atoms with Crippen molar-refractivity contribution in [2.75, 3.05) is 13.2 Å². The molecule has 45 heavy (non-hydrogen) atoms. The van der Waals surface area contributed by atoms with Gasteiger partial charge in [-0.2, -0.15) is 8.62 Å². The van der Waals surface area contributed by atoms with E-state index in [1.54, 1.807) is 67.6 Å². The van der Waals surface area contributed by atoms with E-state index in [-0.39, 0.29) is 18.6 Å². The largest absolute Gasteiger partial charge is 0.490 e. The molecule has 2 unspecified atom stereocenters. The van der Waals surface area contributed by atoms with Crippen molar-refractivity contribution in [3.8, 4) is 0 Å². The van der Waals surface area contributed by atoms with Crippen molar-refractivity contribution in [1.29, 1.82) is 0 Å². The predicted octanol–water partition coefficient (Wildman–Crippen LogP) is 2.11. The minimum absolute atomic E-state index is 0.103. The van der Waals surface area contributed by atoms with E-state index in [9.17, 15) is 38.4 Å². The second-order valence-electron chi connectivity index (χ2n) is 9.75. The van der Waals surface area contributed by atoms with Gasteiger partial charge in [-0.05, 0) is 17.5 Å². The lowest BCUT2D eigenvalue weighted by atomic mass is 9.86. The molecule has 0 bridgehead atoms. The average molecular weight is 692 g/mol. The summed E-state index contributed by atoms with van der Waals surface area (Å²) in [5, 5.41) is 21.5. The Morgan fingerprint density at radius 3 is 2.00 bits per heavy atom. The highest BCUT2D eigenvalue weighted by atomic mass is 31.3. The molecule has 20 heteroatoms. The molecular formula is C25H31N2O15P3. The van der Waals surface area contributed by atoms with Gasteiger partial charge in [0.2, 0.25) is 0 Å². The summed E-state index contributed by atoms with van der Waals surface area (Å²) in [6.07, 6.45) is -5.39. The maximum atomic E-state index is 13.1. The van der Waals surface area contributed by atoms with E-state index >= 15 is 0 Å². The normalized spacial score (nSPS) is 23.1. The van der Waals surface area contributed by atoms with Crippen molar-refractivity contribution in [2.45, 2.75) is 43.8 Å². The molecule has 0 amide bonds. The fraction of sp³-hybridized carbons (Fsp3) is 0.360. The fourth-order valence-corrected chi connectivity index (χ4v) is 8.22. The lowest BCUT2D eigenvalue weighted by Gasteiger charge is -2.22. The molecule has 6 atom stereocenters. The number of aromatic nitrogens is 2. The molecule has 2 aromatic carbocycles. The van der Waals surface area contributed by atoms with Gasteiger partial charge in [0.1, 0.15) is 18.3 Å². The molecular weight excluding hydrogens is 661 g/mol. The molecule has 1 aliphatic rings. The number of H-pyrrole nitrogens is 1. The van der Waals surface area contributed by atoms with E-state index in [1.807, 2.05) is 0 Å². The number of phosphoric ester groups is 1. The van der Waals surface area contributed by atoms with Gasteiger partial charge in [0.25, 0.3) is 5.56 Å². The smallest absolute Gasteiger partial charge is 0.387 e. The Hall–Kier alpha value is -2.59. The van der Waals surface area contributed by atoms with Gasteiger partial charge in [-0.25, -0.2) is 18.5 Å². The Kier molecular flexibility index (Phi) is 11.3. The zero-order valence-corrected chi connectivity index (χ0v) is 26.1. The first-order chi connectivity index (χ1) is 21.1. The molecule has 4 rings (SSSR count). The molecule has 1 aromatic heterocycles. The minimum Gasteiger partial charge on any atom is -0.387 e. The van der Waals surface area contributed by atoms with Gasteiger partial charge in [-0.15, -0.1) is 0 Å². The number of ether oxygens (including phenoxy) is 1. The van der Waals surface area contributed by atoms with E-state index in [2.05, 4.69) is 13.6 Å². The number of phosphoric acid groups is 3. The summed E-state index contributed by atoms with van der Waals surface area (Å²) in [4.78, 5) is 55.5. The van der Waals surface area contributed by atoms with Gasteiger partial charge in [-0.1, -0.05) is 67.6 Å². The topological polar surface area (TPSA) is 253 Å². The van der Waals surface area contributed by atoms with Crippen LogP contribution >= 0.6 is 23.5 Å². The van der Waals surface area contributed by atoms with E-state index < -0.39 is 71.8 Å². The molecule has 17 nitrogen and oxygen atoms in total. The summed E-state index contributed by atoms with van der Waals surface area (Å²) in [6.45, 7) is 0.259. The van der Waals surface area contributed by atoms with Crippen LogP contribution in [0.3, 0.4) is 0 Å². The molecule has 0 radical (unpaired) electrons. The number of aromatic amines is 1. The highest BCUT2D eigenvalue weighted by Gasteiger charge is 2.48. The lowest BCUT2D eigenvalue weighted by molar-refractivity contribution is -0.0552. The zero-order valence-electron chi connectivity index (χ0n) is 23.5. The number of nitrogens with one attached hydrogen (secondary N) is 1. The summed E-state index contributed by atoms with van der Waals surface area (Å²) in [5.74, 6) is -0.658. The van der Waals surface area contributed by atoms with Crippen LogP contribution < -0.4 is 11.2 Å². The second-order valence-corrected chi connectivity index (χ2v) is 14.4. The molecule has 246 valence electrons. The van der Waals surface area contributed by atoms with E-state index in [0.717, 1.165) is 4.57 Å². The first-order valence-corrected chi connectivity index (χ1v) is 17.8. The first kappa shape index (κ1) is 35.3. The summed E-state index contributed by atoms with van der Waals surface area (Å²) in [7, 11) is -16.4. The minimum atomic E-state index is -5.71. The average Bonchev–Trinajstić information content (AvgIpc) is 3.24. The number of nitrogens with zero attached hydrogens (tertiary/aromatic N) is 1. The second kappa shape index (κ2) is 14.4. The third-order valence-corrected chi connectivity index (χ3v) is 10.7. The quantitative estimate of drug-likeness (QED) is 0.132. The summed E-state index contributed by atoms with van der Waals surface area (Å²) in [5.41, 5.74) is -0.168. The molecule has 0 aliphatic carbocycles. The van der Waals surface area contributed by atoms with Crippen molar-refractivity contribution >= 4 is 23.5 Å². The van der Waals surface area contributed by atoms with Gasteiger partial charge in [-0.3, -0.25) is 23.4 Å². The highest BCUT2D eigenvalue weighted by molar-refractivity contribution is 7.66. The molecule has 3 aromatic rings. The Morgan fingerprint density at radius 2 is 1.47 bits per heavy atom. The Morgan fingerprint density at radius 1 is 0.889 bits per heavy atom. The molecule has 1 fully saturated rings. The monoisotopic (exact) mass is 692 g/mol. The van der Waals surface area contributed by atoms with Crippen LogP contribution in [0.2, 0.25) is 0 Å². The number of aliphatic hydroxyl groups excluding tert-OH is 2. The van der Waals surface area contributed by atoms with E-state index in [1.165, 1.54) is 6.20 Å². The molecule has 0 spiro atoms. The SMILES string of the molecule is CCCOP(=O)(OC[C@H]1O[C@@H](n2cc(C(c3ccccc3)c3ccccc3)c(=O)[nH]c2=O)[C@H](O)[C@@H]1O)OP(=O)(O)OP(=O)(O)O. The summed E-state index contributed by atoms with van der Waals surface area (Å²) >= 11 is 0. The van der Waals surface area contributed by atoms with Crippen molar-refractivity contribution in [1.82, 2.24) is 9.55 Å². The van der Waals surface area contributed by atoms with Crippen LogP contribution in [0.4, 0.5) is 0 Å².